The van der Waals surface area contributed by atoms with E-state index in [0.717, 1.165) is 22.3 Å². The molecule has 1 nitrogen and oxygen atoms in total. The smallest absolute Gasteiger partial charge is 0.0931 e. The van der Waals surface area contributed by atoms with E-state index in [-0.39, 0.29) is 0 Å². The number of nitrogens with one attached hydrogen (secondary N) is 1. The zero-order valence-corrected chi connectivity index (χ0v) is 12.4. The molecular formula is C14H15Cl2NS. The van der Waals surface area contributed by atoms with E-state index in [0.29, 0.717) is 6.04 Å². The summed E-state index contributed by atoms with van der Waals surface area (Å²) in [6.45, 7) is 3.10. The number of rotatable bonds is 5. The Morgan fingerprint density at radius 1 is 1.11 bits per heavy atom. The van der Waals surface area contributed by atoms with Crippen LogP contribution in [0.25, 0.3) is 0 Å². The van der Waals surface area contributed by atoms with Gasteiger partial charge in [-0.2, -0.15) is 0 Å². The largest absolute Gasteiger partial charge is 0.309 e. The van der Waals surface area contributed by atoms with Gasteiger partial charge >= 0.3 is 0 Å². The van der Waals surface area contributed by atoms with Crippen molar-refractivity contribution in [2.45, 2.75) is 19.4 Å². The molecule has 1 unspecified atom stereocenters. The van der Waals surface area contributed by atoms with Crippen molar-refractivity contribution in [1.82, 2.24) is 5.32 Å². The highest BCUT2D eigenvalue weighted by Gasteiger charge is 2.07. The molecular weight excluding hydrogens is 285 g/mol. The van der Waals surface area contributed by atoms with Gasteiger partial charge in [-0.15, -0.1) is 11.3 Å². The highest BCUT2D eigenvalue weighted by Crippen LogP contribution is 2.26. The number of hydrogen-bond acceptors (Lipinski definition) is 2. The van der Waals surface area contributed by atoms with Crippen LogP contribution in [0.1, 0.15) is 23.4 Å². The Hall–Kier alpha value is -0.540. The molecule has 0 spiro atoms. The van der Waals surface area contributed by atoms with E-state index in [1.807, 2.05) is 18.2 Å². The van der Waals surface area contributed by atoms with Crippen molar-refractivity contribution >= 4 is 34.5 Å². The van der Waals surface area contributed by atoms with Crippen molar-refractivity contribution < 1.29 is 0 Å². The summed E-state index contributed by atoms with van der Waals surface area (Å²) in [5.41, 5.74) is 1.29. The fraction of sp³-hybridized carbons (Fsp3) is 0.286. The minimum atomic E-state index is 0.342. The topological polar surface area (TPSA) is 12.0 Å². The van der Waals surface area contributed by atoms with Crippen molar-refractivity contribution in [3.8, 4) is 0 Å². The minimum Gasteiger partial charge on any atom is -0.309 e. The van der Waals surface area contributed by atoms with Gasteiger partial charge in [-0.3, -0.25) is 0 Å². The SMILES string of the molecule is CC(NCCc1ccc(Cl)cc1)c1ccc(Cl)s1. The Morgan fingerprint density at radius 3 is 2.44 bits per heavy atom. The molecule has 0 bridgehead atoms. The molecule has 1 N–H and O–H groups in total. The number of hydrogen-bond donors (Lipinski definition) is 1. The molecule has 18 heavy (non-hydrogen) atoms. The maximum Gasteiger partial charge on any atom is 0.0931 e. The molecule has 1 atom stereocenters. The Morgan fingerprint density at radius 2 is 1.83 bits per heavy atom. The standard InChI is InChI=1S/C14H15Cl2NS/c1-10(13-6-7-14(16)18-13)17-9-8-11-2-4-12(15)5-3-11/h2-7,10,17H,8-9H2,1H3. The number of benzene rings is 1. The van der Waals surface area contributed by atoms with Gasteiger partial charge in [0.25, 0.3) is 0 Å². The van der Waals surface area contributed by atoms with E-state index < -0.39 is 0 Å². The van der Waals surface area contributed by atoms with Crippen molar-refractivity contribution in [2.24, 2.45) is 0 Å². The summed E-state index contributed by atoms with van der Waals surface area (Å²) >= 11 is 13.4. The van der Waals surface area contributed by atoms with Gasteiger partial charge in [-0.05, 0) is 49.7 Å². The first kappa shape index (κ1) is 13.9. The second-order valence-electron chi connectivity index (χ2n) is 4.19. The maximum absolute atomic E-state index is 5.93. The predicted molar refractivity (Wildman–Crippen MR) is 80.9 cm³/mol. The maximum atomic E-state index is 5.93. The van der Waals surface area contributed by atoms with Gasteiger partial charge < -0.3 is 5.32 Å². The average Bonchev–Trinajstić information content (AvgIpc) is 2.78. The van der Waals surface area contributed by atoms with E-state index in [1.54, 1.807) is 11.3 Å². The Balaban J connectivity index is 1.80. The first-order valence-electron chi connectivity index (χ1n) is 5.88. The lowest BCUT2D eigenvalue weighted by atomic mass is 10.1. The molecule has 0 fully saturated rings. The van der Waals surface area contributed by atoms with Crippen molar-refractivity contribution in [1.29, 1.82) is 0 Å². The van der Waals surface area contributed by atoms with Gasteiger partial charge in [0.1, 0.15) is 0 Å². The molecule has 0 amide bonds. The van der Waals surface area contributed by atoms with E-state index in [9.17, 15) is 0 Å². The molecule has 1 aromatic heterocycles. The van der Waals surface area contributed by atoms with Crippen LogP contribution in [0.5, 0.6) is 0 Å². The fourth-order valence-electron chi connectivity index (χ4n) is 1.75. The summed E-state index contributed by atoms with van der Waals surface area (Å²) in [5, 5.41) is 4.28. The fourth-order valence-corrected chi connectivity index (χ4v) is 2.96. The third kappa shape index (κ3) is 3.99. The molecule has 96 valence electrons. The Labute approximate surface area is 122 Å². The van der Waals surface area contributed by atoms with Crippen LogP contribution in [0.2, 0.25) is 9.36 Å². The molecule has 0 aliphatic carbocycles. The van der Waals surface area contributed by atoms with Gasteiger partial charge in [-0.25, -0.2) is 0 Å². The van der Waals surface area contributed by atoms with Crippen LogP contribution in [-0.4, -0.2) is 6.54 Å². The molecule has 2 aromatic rings. The van der Waals surface area contributed by atoms with Gasteiger partial charge in [0, 0.05) is 15.9 Å². The summed E-state index contributed by atoms with van der Waals surface area (Å²) in [6.07, 6.45) is 1.00. The number of halogens is 2. The molecule has 0 saturated carbocycles. The highest BCUT2D eigenvalue weighted by atomic mass is 35.5. The van der Waals surface area contributed by atoms with Crippen molar-refractivity contribution in [3.63, 3.8) is 0 Å². The minimum absolute atomic E-state index is 0.342. The third-order valence-corrected chi connectivity index (χ3v) is 4.46. The van der Waals surface area contributed by atoms with Gasteiger partial charge in [0.15, 0.2) is 0 Å². The van der Waals surface area contributed by atoms with Crippen LogP contribution in [0.3, 0.4) is 0 Å². The summed E-state index contributed by atoms with van der Waals surface area (Å²) < 4.78 is 0.844. The first-order chi connectivity index (χ1) is 8.65. The molecule has 0 aliphatic heterocycles. The highest BCUT2D eigenvalue weighted by molar-refractivity contribution is 7.16. The van der Waals surface area contributed by atoms with Crippen LogP contribution in [0, 0.1) is 0 Å². The summed E-state index contributed by atoms with van der Waals surface area (Å²) in [4.78, 5) is 1.27. The molecule has 4 heteroatoms. The third-order valence-electron chi connectivity index (χ3n) is 2.80. The summed E-state index contributed by atoms with van der Waals surface area (Å²) in [5.74, 6) is 0. The van der Waals surface area contributed by atoms with E-state index >= 15 is 0 Å². The Kier molecular flexibility index (Phi) is 5.07. The van der Waals surface area contributed by atoms with Crippen LogP contribution in [0.15, 0.2) is 36.4 Å². The molecule has 1 heterocycles. The molecule has 0 radical (unpaired) electrons. The molecule has 0 saturated heterocycles. The second kappa shape index (κ2) is 6.58. The summed E-state index contributed by atoms with van der Waals surface area (Å²) in [7, 11) is 0. The molecule has 0 aliphatic rings. The first-order valence-corrected chi connectivity index (χ1v) is 7.45. The van der Waals surface area contributed by atoms with Crippen LogP contribution >= 0.6 is 34.5 Å². The lowest BCUT2D eigenvalue weighted by Gasteiger charge is -2.11. The molecule has 1 aromatic carbocycles. The zero-order chi connectivity index (χ0) is 13.0. The quantitative estimate of drug-likeness (QED) is 0.824. The van der Waals surface area contributed by atoms with E-state index in [4.69, 9.17) is 23.2 Å². The Bertz CT molecular complexity index is 493. The van der Waals surface area contributed by atoms with Crippen LogP contribution < -0.4 is 5.32 Å². The van der Waals surface area contributed by atoms with E-state index in [1.165, 1.54) is 10.4 Å². The summed E-state index contributed by atoms with van der Waals surface area (Å²) in [6, 6.07) is 12.4. The van der Waals surface area contributed by atoms with Gasteiger partial charge in [-0.1, -0.05) is 35.3 Å². The van der Waals surface area contributed by atoms with E-state index in [2.05, 4.69) is 30.4 Å². The van der Waals surface area contributed by atoms with Crippen molar-refractivity contribution in [3.05, 3.63) is 56.2 Å². The van der Waals surface area contributed by atoms with Crippen molar-refractivity contribution in [2.75, 3.05) is 6.54 Å². The lowest BCUT2D eigenvalue weighted by Crippen LogP contribution is -2.20. The van der Waals surface area contributed by atoms with Crippen LogP contribution in [-0.2, 0) is 6.42 Å². The average molecular weight is 300 g/mol. The van der Waals surface area contributed by atoms with Crippen LogP contribution in [0.4, 0.5) is 0 Å². The normalized spacial score (nSPS) is 12.6. The lowest BCUT2D eigenvalue weighted by molar-refractivity contribution is 0.585. The van der Waals surface area contributed by atoms with Gasteiger partial charge in [0.05, 0.1) is 4.34 Å². The second-order valence-corrected chi connectivity index (χ2v) is 6.38. The number of thiophene rings is 1. The predicted octanol–water partition coefficient (Wildman–Crippen LogP) is 4.95. The van der Waals surface area contributed by atoms with Gasteiger partial charge in [0.2, 0.25) is 0 Å². The zero-order valence-electron chi connectivity index (χ0n) is 10.1. The monoisotopic (exact) mass is 299 g/mol. The molecule has 2 rings (SSSR count).